The lowest BCUT2D eigenvalue weighted by atomic mass is 9.63. The van der Waals surface area contributed by atoms with Gasteiger partial charge < -0.3 is 14.7 Å². The van der Waals surface area contributed by atoms with Gasteiger partial charge in [0.15, 0.2) is 0 Å². The van der Waals surface area contributed by atoms with E-state index in [1.807, 2.05) is 6.92 Å². The van der Waals surface area contributed by atoms with Gasteiger partial charge in [-0.1, -0.05) is 60.7 Å². The van der Waals surface area contributed by atoms with Crippen molar-refractivity contribution in [1.82, 2.24) is 19.8 Å². The summed E-state index contributed by atoms with van der Waals surface area (Å²) < 4.78 is 5.61. The van der Waals surface area contributed by atoms with Crippen molar-refractivity contribution >= 4 is 27.8 Å². The van der Waals surface area contributed by atoms with Crippen LogP contribution in [0.25, 0.3) is 21.8 Å². The fourth-order valence-corrected chi connectivity index (χ4v) is 8.54. The number of aromatic nitrogens is 2. The summed E-state index contributed by atoms with van der Waals surface area (Å²) in [5.74, 6) is 0.629. The average molecular weight is 547 g/mol. The molecule has 4 aliphatic heterocycles. The molecule has 0 spiro atoms. The fourth-order valence-electron chi connectivity index (χ4n) is 8.54. The van der Waals surface area contributed by atoms with Crippen LogP contribution in [0.5, 0.6) is 0 Å². The van der Waals surface area contributed by atoms with E-state index in [4.69, 9.17) is 4.74 Å². The molecule has 210 valence electrons. The zero-order valence-electron chi connectivity index (χ0n) is 23.6. The fraction of sp³-hybridized carbons (Fsp3) is 0.400. The van der Waals surface area contributed by atoms with E-state index in [1.165, 1.54) is 32.9 Å². The lowest BCUT2D eigenvalue weighted by Gasteiger charge is -2.62. The SMILES string of the molecule is CCOC(=O)C1CC2C=CC1N(C1(Cc3c[nH]c4ccccc34)CC3C=CC1CN3Cc1c[nH]c3ccccc13)C2. The minimum Gasteiger partial charge on any atom is -0.466 e. The molecule has 2 fully saturated rings. The van der Waals surface area contributed by atoms with E-state index in [0.717, 1.165) is 38.9 Å². The summed E-state index contributed by atoms with van der Waals surface area (Å²) in [6.45, 7) is 5.32. The van der Waals surface area contributed by atoms with Crippen LogP contribution in [-0.2, 0) is 22.5 Å². The second-order valence-electron chi connectivity index (χ2n) is 12.6. The molecule has 2 saturated heterocycles. The van der Waals surface area contributed by atoms with E-state index < -0.39 is 0 Å². The Labute approximate surface area is 241 Å². The van der Waals surface area contributed by atoms with Crippen molar-refractivity contribution < 1.29 is 9.53 Å². The lowest BCUT2D eigenvalue weighted by Crippen LogP contribution is -2.71. The highest BCUT2D eigenvalue weighted by Gasteiger charge is 2.56. The summed E-state index contributed by atoms with van der Waals surface area (Å²) in [5, 5.41) is 2.63. The first-order valence-electron chi connectivity index (χ1n) is 15.3. The lowest BCUT2D eigenvalue weighted by molar-refractivity contribution is -0.157. The number of carbonyl (C=O) groups excluding carboxylic acids is 1. The Bertz CT molecular complexity index is 1660. The first-order chi connectivity index (χ1) is 20.1. The second-order valence-corrected chi connectivity index (χ2v) is 12.6. The standard InChI is InChI=1S/C35H38N4O2/c1-2-41-34(40)30-15-23-11-14-33(30)39(20-23)35(16-24-18-36-31-9-5-3-7-28(24)31)17-27-13-12-26(35)22-38(27)21-25-19-37-32-10-6-4-8-29(25)32/h3-14,18-19,23,26-27,30,33,36-37H,2,15-17,20-22H2,1H3. The van der Waals surface area contributed by atoms with Gasteiger partial charge in [0.2, 0.25) is 0 Å². The summed E-state index contributed by atoms with van der Waals surface area (Å²) in [6.07, 6.45) is 17.0. The first kappa shape index (κ1) is 25.1. The number of H-pyrrole nitrogens is 2. The van der Waals surface area contributed by atoms with E-state index in [0.29, 0.717) is 24.5 Å². The van der Waals surface area contributed by atoms with Crippen LogP contribution in [-0.4, -0.2) is 63.1 Å². The number of rotatable bonds is 7. The van der Waals surface area contributed by atoms with Crippen LogP contribution < -0.4 is 0 Å². The molecule has 6 atom stereocenters. The van der Waals surface area contributed by atoms with Crippen molar-refractivity contribution in [3.63, 3.8) is 0 Å². The largest absolute Gasteiger partial charge is 0.466 e. The van der Waals surface area contributed by atoms with Crippen LogP contribution in [0.1, 0.15) is 30.9 Å². The zero-order chi connectivity index (χ0) is 27.6. The summed E-state index contributed by atoms with van der Waals surface area (Å²) in [4.78, 5) is 25.6. The van der Waals surface area contributed by atoms with E-state index in [9.17, 15) is 4.79 Å². The molecule has 2 aromatic heterocycles. The van der Waals surface area contributed by atoms with Gasteiger partial charge in [0, 0.05) is 77.4 Å². The molecule has 2 N–H and O–H groups in total. The monoisotopic (exact) mass is 546 g/mol. The van der Waals surface area contributed by atoms with Crippen LogP contribution in [0, 0.1) is 17.8 Å². The highest BCUT2D eigenvalue weighted by molar-refractivity contribution is 5.84. The normalized spacial score (nSPS) is 31.0. The molecule has 10 rings (SSSR count). The van der Waals surface area contributed by atoms with Gasteiger partial charge in [-0.3, -0.25) is 14.6 Å². The Kier molecular flexibility index (Phi) is 5.97. The molecular formula is C35H38N4O2. The number of hydrogen-bond donors (Lipinski definition) is 2. The molecule has 6 heteroatoms. The number of nitrogens with one attached hydrogen (secondary N) is 2. The van der Waals surface area contributed by atoms with Crippen LogP contribution in [0.15, 0.2) is 85.2 Å². The van der Waals surface area contributed by atoms with Crippen molar-refractivity contribution in [1.29, 1.82) is 0 Å². The minimum atomic E-state index is -0.0923. The van der Waals surface area contributed by atoms with E-state index in [-0.39, 0.29) is 23.5 Å². The molecule has 41 heavy (non-hydrogen) atoms. The van der Waals surface area contributed by atoms with Crippen LogP contribution in [0.2, 0.25) is 0 Å². The van der Waals surface area contributed by atoms with Crippen molar-refractivity contribution in [3.8, 4) is 0 Å². The number of aromatic amines is 2. The topological polar surface area (TPSA) is 64.4 Å². The number of piperidine rings is 2. The predicted molar refractivity (Wildman–Crippen MR) is 162 cm³/mol. The summed E-state index contributed by atoms with van der Waals surface area (Å²) in [5.41, 5.74) is 5.07. The van der Waals surface area contributed by atoms with Gasteiger partial charge in [0.05, 0.1) is 12.5 Å². The van der Waals surface area contributed by atoms with Crippen molar-refractivity contribution in [2.24, 2.45) is 17.8 Å². The minimum absolute atomic E-state index is 0.0312. The molecule has 6 unspecified atom stereocenters. The molecule has 2 aromatic carbocycles. The number of ether oxygens (including phenoxy) is 1. The molecule has 6 nitrogen and oxygen atoms in total. The van der Waals surface area contributed by atoms with Crippen LogP contribution >= 0.6 is 0 Å². The van der Waals surface area contributed by atoms with Gasteiger partial charge in [-0.25, -0.2) is 0 Å². The number of nitrogens with zero attached hydrogens (tertiary/aromatic N) is 2. The summed E-state index contributed by atoms with van der Waals surface area (Å²) in [7, 11) is 0. The zero-order valence-corrected chi connectivity index (χ0v) is 23.6. The molecule has 0 amide bonds. The predicted octanol–water partition coefficient (Wildman–Crippen LogP) is 5.83. The van der Waals surface area contributed by atoms with E-state index >= 15 is 0 Å². The van der Waals surface area contributed by atoms with Gasteiger partial charge in [-0.05, 0) is 55.4 Å². The number of carbonyl (C=O) groups is 1. The Morgan fingerprint density at radius 1 is 0.927 bits per heavy atom. The number of esters is 1. The molecule has 4 aromatic rings. The second kappa shape index (κ2) is 9.74. The molecule has 6 aliphatic rings. The summed E-state index contributed by atoms with van der Waals surface area (Å²) in [6, 6.07) is 17.7. The molecular weight excluding hydrogens is 508 g/mol. The van der Waals surface area contributed by atoms with Gasteiger partial charge in [-0.2, -0.15) is 0 Å². The maximum absolute atomic E-state index is 13.2. The maximum Gasteiger partial charge on any atom is 0.310 e. The molecule has 2 aliphatic carbocycles. The summed E-state index contributed by atoms with van der Waals surface area (Å²) >= 11 is 0. The Morgan fingerprint density at radius 3 is 2.37 bits per heavy atom. The van der Waals surface area contributed by atoms with E-state index in [1.54, 1.807) is 0 Å². The highest BCUT2D eigenvalue weighted by atomic mass is 16.5. The Morgan fingerprint density at radius 2 is 1.66 bits per heavy atom. The highest BCUT2D eigenvalue weighted by Crippen LogP contribution is 2.50. The van der Waals surface area contributed by atoms with Crippen molar-refractivity contribution in [2.75, 3.05) is 19.7 Å². The number of hydrogen-bond acceptors (Lipinski definition) is 4. The smallest absolute Gasteiger partial charge is 0.310 e. The third kappa shape index (κ3) is 4.03. The third-order valence-electron chi connectivity index (χ3n) is 10.4. The molecule has 6 heterocycles. The Balaban J connectivity index is 1.16. The number of fused-ring (bicyclic) bond motifs is 7. The van der Waals surface area contributed by atoms with Crippen molar-refractivity contribution in [2.45, 2.75) is 50.4 Å². The van der Waals surface area contributed by atoms with Crippen LogP contribution in [0.3, 0.4) is 0 Å². The van der Waals surface area contributed by atoms with Gasteiger partial charge >= 0.3 is 5.97 Å². The van der Waals surface area contributed by atoms with Gasteiger partial charge in [0.1, 0.15) is 0 Å². The van der Waals surface area contributed by atoms with E-state index in [2.05, 4.69) is 105 Å². The first-order valence-corrected chi connectivity index (χ1v) is 15.3. The molecule has 4 bridgehead atoms. The molecule has 0 radical (unpaired) electrons. The van der Waals surface area contributed by atoms with Crippen molar-refractivity contribution in [3.05, 3.63) is 96.4 Å². The quantitative estimate of drug-likeness (QED) is 0.226. The number of benzene rings is 2. The number of para-hydroxylation sites is 2. The van der Waals surface area contributed by atoms with Gasteiger partial charge in [-0.15, -0.1) is 0 Å². The van der Waals surface area contributed by atoms with Gasteiger partial charge in [0.25, 0.3) is 0 Å². The average Bonchev–Trinajstić information content (AvgIpc) is 3.62. The maximum atomic E-state index is 13.2. The van der Waals surface area contributed by atoms with Crippen LogP contribution in [0.4, 0.5) is 0 Å². The molecule has 0 saturated carbocycles. The third-order valence-corrected chi connectivity index (χ3v) is 10.4. The Hall–Kier alpha value is -3.61.